The number of aryl methyl sites for hydroxylation is 2. The molecule has 0 bridgehead atoms. The van der Waals surface area contributed by atoms with Crippen molar-refractivity contribution < 1.29 is 14.3 Å². The average molecular weight is 563 g/mol. The van der Waals surface area contributed by atoms with Gasteiger partial charge >= 0.3 is 5.56 Å². The summed E-state index contributed by atoms with van der Waals surface area (Å²) in [6.45, 7) is 8.69. The second-order valence-corrected chi connectivity index (χ2v) is 11.0. The molecule has 0 saturated carbocycles. The van der Waals surface area contributed by atoms with Crippen LogP contribution >= 0.6 is 11.6 Å². The average Bonchev–Trinajstić information content (AvgIpc) is 3.37. The molecule has 40 heavy (non-hydrogen) atoms. The molecule has 1 aliphatic heterocycles. The van der Waals surface area contributed by atoms with Crippen molar-refractivity contribution in [2.75, 3.05) is 0 Å². The van der Waals surface area contributed by atoms with E-state index in [4.69, 9.17) is 16.3 Å². The fourth-order valence-electron chi connectivity index (χ4n) is 4.95. The summed E-state index contributed by atoms with van der Waals surface area (Å²) in [7, 11) is 0. The van der Waals surface area contributed by atoms with Crippen molar-refractivity contribution in [3.63, 3.8) is 0 Å². The summed E-state index contributed by atoms with van der Waals surface area (Å²) in [4.78, 5) is 44.9. The summed E-state index contributed by atoms with van der Waals surface area (Å²) < 4.78 is 5.68. The van der Waals surface area contributed by atoms with Gasteiger partial charge in [0.05, 0.1) is 35.5 Å². The van der Waals surface area contributed by atoms with Crippen LogP contribution in [0, 0.1) is 30.6 Å². The third kappa shape index (κ3) is 6.00. The van der Waals surface area contributed by atoms with E-state index in [0.29, 0.717) is 34.9 Å². The normalized spacial score (nSPS) is 17.7. The number of pyridine rings is 1. The van der Waals surface area contributed by atoms with Crippen LogP contribution in [0.5, 0.6) is 11.5 Å². The SMILES string of the molecule is Cc1cc(Oc2cnc(C(=O)N[C@H](C)C(=O)N3[C@H](c4cccc(Cl)c4)CC[C@@H]3C(C)(C)C#N)cc2C)c(=O)[nH]n1. The molecule has 1 aliphatic rings. The van der Waals surface area contributed by atoms with E-state index in [1.165, 1.54) is 18.3 Å². The first-order valence-electron chi connectivity index (χ1n) is 12.9. The molecule has 0 spiro atoms. The number of hydrogen-bond acceptors (Lipinski definition) is 7. The molecule has 3 heterocycles. The number of aromatic amines is 1. The van der Waals surface area contributed by atoms with Crippen molar-refractivity contribution >= 4 is 23.4 Å². The number of carbonyl (C=O) groups is 2. The van der Waals surface area contributed by atoms with Gasteiger partial charge in [-0.3, -0.25) is 14.4 Å². The maximum absolute atomic E-state index is 13.8. The van der Waals surface area contributed by atoms with Crippen molar-refractivity contribution in [3.05, 3.63) is 80.5 Å². The molecule has 4 rings (SSSR count). The van der Waals surface area contributed by atoms with Gasteiger partial charge in [-0.25, -0.2) is 10.1 Å². The molecule has 1 fully saturated rings. The van der Waals surface area contributed by atoms with Crippen molar-refractivity contribution in [1.29, 1.82) is 5.26 Å². The number of nitrogens with zero attached hydrogens (tertiary/aromatic N) is 4. The number of nitriles is 1. The van der Waals surface area contributed by atoms with Crippen molar-refractivity contribution in [2.45, 2.75) is 65.6 Å². The summed E-state index contributed by atoms with van der Waals surface area (Å²) >= 11 is 6.24. The van der Waals surface area contributed by atoms with E-state index in [-0.39, 0.29) is 29.4 Å². The minimum atomic E-state index is -0.888. The van der Waals surface area contributed by atoms with Gasteiger partial charge in [0.1, 0.15) is 17.5 Å². The van der Waals surface area contributed by atoms with Gasteiger partial charge in [0.25, 0.3) is 5.91 Å². The summed E-state index contributed by atoms with van der Waals surface area (Å²) in [5.74, 6) is -0.473. The Morgan fingerprint density at radius 2 is 1.98 bits per heavy atom. The minimum Gasteiger partial charge on any atom is -0.450 e. The lowest BCUT2D eigenvalue weighted by molar-refractivity contribution is -0.137. The van der Waals surface area contributed by atoms with Crippen LogP contribution in [0.3, 0.4) is 0 Å². The van der Waals surface area contributed by atoms with Gasteiger partial charge in [-0.2, -0.15) is 10.4 Å². The van der Waals surface area contributed by atoms with Crippen LogP contribution in [-0.4, -0.2) is 44.0 Å². The third-order valence-corrected chi connectivity index (χ3v) is 7.36. The molecule has 1 aromatic carbocycles. The van der Waals surface area contributed by atoms with Gasteiger partial charge in [-0.05, 0) is 76.8 Å². The molecule has 0 aliphatic carbocycles. The topological polar surface area (TPSA) is 141 Å². The van der Waals surface area contributed by atoms with Gasteiger partial charge in [-0.15, -0.1) is 0 Å². The lowest BCUT2D eigenvalue weighted by atomic mass is 9.84. The number of amides is 2. The predicted octanol–water partition coefficient (Wildman–Crippen LogP) is 4.63. The zero-order valence-corrected chi connectivity index (χ0v) is 23.7. The number of carbonyl (C=O) groups excluding carboxylic acids is 2. The van der Waals surface area contributed by atoms with Crippen LogP contribution < -0.4 is 15.6 Å². The fourth-order valence-corrected chi connectivity index (χ4v) is 5.15. The van der Waals surface area contributed by atoms with Gasteiger partial charge in [0.15, 0.2) is 5.75 Å². The Hall–Kier alpha value is -4.23. The standard InChI is InChI=1S/C29H31ClN6O4/c1-16-11-21(32-14-24(16)40-23-12-17(2)34-35-27(23)38)26(37)33-18(3)28(39)36-22(19-7-6-8-20(30)13-19)9-10-25(36)29(4,5)15-31/h6-8,11-14,18,22,25H,9-10H2,1-5H3,(H,33,37)(H,35,38)/t18-,22+,25-/m1/s1. The number of likely N-dealkylation sites (tertiary alicyclic amines) is 1. The Morgan fingerprint density at radius 3 is 2.65 bits per heavy atom. The third-order valence-electron chi connectivity index (χ3n) is 7.13. The first-order valence-corrected chi connectivity index (χ1v) is 13.3. The molecule has 0 unspecified atom stereocenters. The van der Waals surface area contributed by atoms with E-state index >= 15 is 0 Å². The molecule has 2 N–H and O–H groups in total. The Balaban J connectivity index is 1.53. The van der Waals surface area contributed by atoms with Crippen molar-refractivity contribution in [3.8, 4) is 17.6 Å². The number of aromatic nitrogens is 3. The molecule has 2 amide bonds. The van der Waals surface area contributed by atoms with E-state index in [9.17, 15) is 19.6 Å². The quantitative estimate of drug-likeness (QED) is 0.427. The minimum absolute atomic E-state index is 0.0588. The molecule has 11 heteroatoms. The van der Waals surface area contributed by atoms with E-state index in [1.54, 1.807) is 31.7 Å². The highest BCUT2D eigenvalue weighted by atomic mass is 35.5. The Bertz CT molecular complexity index is 1550. The fraction of sp³-hybridized carbons (Fsp3) is 0.379. The molecular weight excluding hydrogens is 532 g/mol. The molecule has 208 valence electrons. The second-order valence-electron chi connectivity index (χ2n) is 10.6. The van der Waals surface area contributed by atoms with Gasteiger partial charge in [0.2, 0.25) is 5.91 Å². The van der Waals surface area contributed by atoms with Crippen LogP contribution in [0.1, 0.15) is 67.0 Å². The highest BCUT2D eigenvalue weighted by Crippen LogP contribution is 2.43. The van der Waals surface area contributed by atoms with E-state index in [1.807, 2.05) is 32.0 Å². The zero-order valence-electron chi connectivity index (χ0n) is 23.0. The van der Waals surface area contributed by atoms with Crippen molar-refractivity contribution in [2.24, 2.45) is 5.41 Å². The summed E-state index contributed by atoms with van der Waals surface area (Å²) in [6, 6.07) is 11.2. The molecule has 0 radical (unpaired) electrons. The van der Waals surface area contributed by atoms with Crippen LogP contribution in [0.15, 0.2) is 47.4 Å². The maximum Gasteiger partial charge on any atom is 0.307 e. The molecule has 2 aromatic heterocycles. The lowest BCUT2D eigenvalue weighted by Crippen LogP contribution is -2.52. The Kier molecular flexibility index (Phi) is 8.26. The smallest absolute Gasteiger partial charge is 0.307 e. The van der Waals surface area contributed by atoms with E-state index in [2.05, 4.69) is 26.6 Å². The molecule has 1 saturated heterocycles. The number of H-pyrrole nitrogens is 1. The Morgan fingerprint density at radius 1 is 1.23 bits per heavy atom. The monoisotopic (exact) mass is 562 g/mol. The highest BCUT2D eigenvalue weighted by molar-refractivity contribution is 6.30. The summed E-state index contributed by atoms with van der Waals surface area (Å²) in [5.41, 5.74) is 0.832. The number of benzene rings is 1. The van der Waals surface area contributed by atoms with Crippen LogP contribution in [0.4, 0.5) is 0 Å². The van der Waals surface area contributed by atoms with Crippen LogP contribution in [-0.2, 0) is 4.79 Å². The van der Waals surface area contributed by atoms with E-state index < -0.39 is 22.9 Å². The number of halogens is 1. The zero-order chi connectivity index (χ0) is 29.2. The molecule has 3 atom stereocenters. The van der Waals surface area contributed by atoms with Gasteiger partial charge in [-0.1, -0.05) is 23.7 Å². The number of ether oxygens (including phenoxy) is 1. The molecule has 10 nitrogen and oxygen atoms in total. The van der Waals surface area contributed by atoms with Crippen molar-refractivity contribution in [1.82, 2.24) is 25.4 Å². The number of rotatable bonds is 7. The molecular formula is C29H31ClN6O4. The summed E-state index contributed by atoms with van der Waals surface area (Å²) in [6.07, 6.45) is 2.67. The van der Waals surface area contributed by atoms with Crippen LogP contribution in [0.25, 0.3) is 0 Å². The number of nitrogens with one attached hydrogen (secondary N) is 2. The summed E-state index contributed by atoms with van der Waals surface area (Å²) in [5, 5.41) is 19.3. The van der Waals surface area contributed by atoms with Gasteiger partial charge < -0.3 is 15.0 Å². The lowest BCUT2D eigenvalue weighted by Gasteiger charge is -2.38. The van der Waals surface area contributed by atoms with E-state index in [0.717, 1.165) is 5.56 Å². The second kappa shape index (κ2) is 11.5. The van der Waals surface area contributed by atoms with Crippen LogP contribution in [0.2, 0.25) is 5.02 Å². The highest BCUT2D eigenvalue weighted by Gasteiger charge is 2.46. The molecule has 3 aromatic rings. The first kappa shape index (κ1) is 28.8. The number of hydrogen-bond donors (Lipinski definition) is 2. The van der Waals surface area contributed by atoms with Gasteiger partial charge in [0, 0.05) is 11.1 Å². The largest absolute Gasteiger partial charge is 0.450 e. The Labute approximate surface area is 237 Å². The predicted molar refractivity (Wildman–Crippen MR) is 149 cm³/mol. The maximum atomic E-state index is 13.8. The first-order chi connectivity index (χ1) is 18.9.